The number of carbonyl (C=O) groups is 1. The van der Waals surface area contributed by atoms with Gasteiger partial charge in [0.2, 0.25) is 5.91 Å². The Bertz CT molecular complexity index is 446. The number of ether oxygens (including phenoxy) is 1. The van der Waals surface area contributed by atoms with Crippen molar-refractivity contribution in [3.63, 3.8) is 0 Å². The molecule has 0 aromatic heterocycles. The molecule has 0 atom stereocenters. The molecule has 0 saturated carbocycles. The number of aryl methyl sites for hydroxylation is 1. The Balaban J connectivity index is 2.11. The maximum atomic E-state index is 12.2. The van der Waals surface area contributed by atoms with Crippen molar-refractivity contribution in [2.24, 2.45) is 5.73 Å². The van der Waals surface area contributed by atoms with Crippen LogP contribution in [0.4, 0.5) is 5.69 Å². The summed E-state index contributed by atoms with van der Waals surface area (Å²) in [7, 11) is 1.67. The highest BCUT2D eigenvalue weighted by Crippen LogP contribution is 2.31. The topological polar surface area (TPSA) is 55.6 Å². The number of methoxy groups -OCH3 is 1. The summed E-state index contributed by atoms with van der Waals surface area (Å²) in [6.07, 6.45) is 4.40. The van der Waals surface area contributed by atoms with Gasteiger partial charge in [0.15, 0.2) is 0 Å². The van der Waals surface area contributed by atoms with Gasteiger partial charge in [0.25, 0.3) is 0 Å². The molecular weight excluding hydrogens is 240 g/mol. The minimum Gasteiger partial charge on any atom is -0.497 e. The monoisotopic (exact) mass is 262 g/mol. The van der Waals surface area contributed by atoms with Crippen molar-refractivity contribution in [1.82, 2.24) is 0 Å². The molecule has 4 heteroatoms. The van der Waals surface area contributed by atoms with Crippen LogP contribution in [0.1, 0.15) is 31.2 Å². The van der Waals surface area contributed by atoms with Gasteiger partial charge in [-0.2, -0.15) is 0 Å². The van der Waals surface area contributed by atoms with Crippen LogP contribution in [-0.2, 0) is 11.2 Å². The average Bonchev–Trinajstić information content (AvgIpc) is 2.46. The van der Waals surface area contributed by atoms with Crippen molar-refractivity contribution in [3.05, 3.63) is 23.8 Å². The first kappa shape index (κ1) is 13.9. The highest BCUT2D eigenvalue weighted by molar-refractivity contribution is 5.94. The molecule has 0 spiro atoms. The molecule has 1 aromatic rings. The number of rotatable bonds is 5. The van der Waals surface area contributed by atoms with E-state index in [0.717, 1.165) is 43.7 Å². The fourth-order valence-electron chi connectivity index (χ4n) is 2.52. The first-order chi connectivity index (χ1) is 9.26. The van der Waals surface area contributed by atoms with Crippen molar-refractivity contribution in [3.8, 4) is 5.75 Å². The lowest BCUT2D eigenvalue weighted by molar-refractivity contribution is -0.118. The summed E-state index contributed by atoms with van der Waals surface area (Å²) >= 11 is 0. The zero-order valence-corrected chi connectivity index (χ0v) is 11.5. The molecule has 0 radical (unpaired) electrons. The van der Waals surface area contributed by atoms with Gasteiger partial charge in [0.1, 0.15) is 5.75 Å². The second-order valence-corrected chi connectivity index (χ2v) is 4.89. The third-order valence-electron chi connectivity index (χ3n) is 3.55. The summed E-state index contributed by atoms with van der Waals surface area (Å²) in [4.78, 5) is 14.2. The van der Waals surface area contributed by atoms with E-state index in [0.29, 0.717) is 13.0 Å². The maximum absolute atomic E-state index is 12.2. The van der Waals surface area contributed by atoms with Crippen LogP contribution in [0.3, 0.4) is 0 Å². The fraction of sp³-hybridized carbons (Fsp3) is 0.533. The largest absolute Gasteiger partial charge is 0.497 e. The van der Waals surface area contributed by atoms with Gasteiger partial charge in [-0.25, -0.2) is 0 Å². The molecule has 2 N–H and O–H groups in total. The van der Waals surface area contributed by atoms with Crippen molar-refractivity contribution >= 4 is 11.6 Å². The summed E-state index contributed by atoms with van der Waals surface area (Å²) in [6.45, 7) is 1.47. The number of fused-ring (bicyclic) bond motifs is 1. The van der Waals surface area contributed by atoms with Crippen LogP contribution in [-0.4, -0.2) is 26.1 Å². The third-order valence-corrected chi connectivity index (χ3v) is 3.55. The number of unbranched alkanes of at least 4 members (excludes halogenated alkanes) is 1. The lowest BCUT2D eigenvalue weighted by Crippen LogP contribution is -2.35. The summed E-state index contributed by atoms with van der Waals surface area (Å²) in [5, 5.41) is 0. The fourth-order valence-corrected chi connectivity index (χ4v) is 2.52. The molecule has 19 heavy (non-hydrogen) atoms. The van der Waals surface area contributed by atoms with Crippen LogP contribution in [0.5, 0.6) is 5.75 Å². The van der Waals surface area contributed by atoms with Gasteiger partial charge in [-0.15, -0.1) is 0 Å². The zero-order valence-electron chi connectivity index (χ0n) is 11.5. The average molecular weight is 262 g/mol. The summed E-state index contributed by atoms with van der Waals surface area (Å²) in [5.41, 5.74) is 7.72. The third kappa shape index (κ3) is 3.26. The van der Waals surface area contributed by atoms with Crippen molar-refractivity contribution in [2.45, 2.75) is 32.1 Å². The number of nitrogens with zero attached hydrogens (tertiary/aromatic N) is 1. The summed E-state index contributed by atoms with van der Waals surface area (Å²) in [6, 6.07) is 5.95. The Morgan fingerprint density at radius 1 is 1.42 bits per heavy atom. The van der Waals surface area contributed by atoms with Gasteiger partial charge < -0.3 is 15.4 Å². The Kier molecular flexibility index (Phi) is 4.80. The van der Waals surface area contributed by atoms with Gasteiger partial charge in [0, 0.05) is 18.7 Å². The molecule has 1 aromatic carbocycles. The Morgan fingerprint density at radius 2 is 2.26 bits per heavy atom. The number of nitrogens with two attached hydrogens (primary N) is 1. The molecule has 1 heterocycles. The molecule has 1 aliphatic rings. The molecule has 1 aliphatic heterocycles. The van der Waals surface area contributed by atoms with Gasteiger partial charge in [0.05, 0.1) is 7.11 Å². The molecule has 0 fully saturated rings. The molecule has 0 bridgehead atoms. The SMILES string of the molecule is COc1ccc2c(c1)CCCN2C(=O)CCCCN. The molecule has 0 unspecified atom stereocenters. The number of amides is 1. The van der Waals surface area contributed by atoms with E-state index in [1.165, 1.54) is 5.56 Å². The van der Waals surface area contributed by atoms with Gasteiger partial charge in [-0.1, -0.05) is 0 Å². The van der Waals surface area contributed by atoms with Gasteiger partial charge in [-0.3, -0.25) is 4.79 Å². The van der Waals surface area contributed by atoms with Crippen molar-refractivity contribution < 1.29 is 9.53 Å². The smallest absolute Gasteiger partial charge is 0.226 e. The van der Waals surface area contributed by atoms with Crippen LogP contribution in [0.2, 0.25) is 0 Å². The highest BCUT2D eigenvalue weighted by Gasteiger charge is 2.22. The van der Waals surface area contributed by atoms with E-state index in [4.69, 9.17) is 10.5 Å². The first-order valence-corrected chi connectivity index (χ1v) is 6.93. The minimum absolute atomic E-state index is 0.208. The second kappa shape index (κ2) is 6.57. The Labute approximate surface area is 114 Å². The van der Waals surface area contributed by atoms with E-state index in [9.17, 15) is 4.79 Å². The maximum Gasteiger partial charge on any atom is 0.226 e. The van der Waals surface area contributed by atoms with Gasteiger partial charge in [-0.05, 0) is 56.0 Å². The predicted molar refractivity (Wildman–Crippen MR) is 76.6 cm³/mol. The normalized spacial score (nSPS) is 14.1. The lowest BCUT2D eigenvalue weighted by atomic mass is 10.0. The number of anilines is 1. The number of hydrogen-bond donors (Lipinski definition) is 1. The van der Waals surface area contributed by atoms with Crippen molar-refractivity contribution in [2.75, 3.05) is 25.1 Å². The lowest BCUT2D eigenvalue weighted by Gasteiger charge is -2.30. The van der Waals surface area contributed by atoms with Crippen LogP contribution in [0, 0.1) is 0 Å². The van der Waals surface area contributed by atoms with E-state index < -0.39 is 0 Å². The quantitative estimate of drug-likeness (QED) is 0.827. The summed E-state index contributed by atoms with van der Waals surface area (Å²) in [5.74, 6) is 1.07. The van der Waals surface area contributed by atoms with Crippen molar-refractivity contribution in [1.29, 1.82) is 0 Å². The molecule has 4 nitrogen and oxygen atoms in total. The van der Waals surface area contributed by atoms with E-state index in [-0.39, 0.29) is 5.91 Å². The van der Waals surface area contributed by atoms with Gasteiger partial charge >= 0.3 is 0 Å². The predicted octanol–water partition coefficient (Wildman–Crippen LogP) is 2.10. The van der Waals surface area contributed by atoms with E-state index in [2.05, 4.69) is 0 Å². The van der Waals surface area contributed by atoms with Crippen LogP contribution < -0.4 is 15.4 Å². The molecule has 1 amide bonds. The summed E-state index contributed by atoms with van der Waals surface area (Å²) < 4.78 is 5.24. The number of carbonyl (C=O) groups excluding carboxylic acids is 1. The van der Waals surface area contributed by atoms with E-state index in [1.54, 1.807) is 7.11 Å². The van der Waals surface area contributed by atoms with Crippen LogP contribution in [0.25, 0.3) is 0 Å². The number of benzene rings is 1. The van der Waals surface area contributed by atoms with Crippen LogP contribution in [0.15, 0.2) is 18.2 Å². The molecule has 2 rings (SSSR count). The highest BCUT2D eigenvalue weighted by atomic mass is 16.5. The van der Waals surface area contributed by atoms with Crippen LogP contribution >= 0.6 is 0 Å². The molecule has 104 valence electrons. The Morgan fingerprint density at radius 3 is 3.00 bits per heavy atom. The van der Waals surface area contributed by atoms with E-state index >= 15 is 0 Å². The number of hydrogen-bond acceptors (Lipinski definition) is 3. The first-order valence-electron chi connectivity index (χ1n) is 6.93. The molecular formula is C15H22N2O2. The molecule has 0 saturated heterocycles. The Hall–Kier alpha value is -1.55. The second-order valence-electron chi connectivity index (χ2n) is 4.89. The zero-order chi connectivity index (χ0) is 13.7. The minimum atomic E-state index is 0.208. The molecule has 0 aliphatic carbocycles. The standard InChI is InChI=1S/C15H22N2O2/c1-19-13-7-8-14-12(11-13)5-4-10-17(14)15(18)6-2-3-9-16/h7-8,11H,2-6,9-10,16H2,1H3. The van der Waals surface area contributed by atoms with E-state index in [1.807, 2.05) is 23.1 Å².